The summed E-state index contributed by atoms with van der Waals surface area (Å²) in [6.45, 7) is 1.37. The SMILES string of the molecule is CCC(=O)c1ccccc1NC(=O)CN(C(=O)OCc1ccccc1)n1nnc2ccccc21. The highest BCUT2D eigenvalue weighted by Crippen LogP contribution is 2.17. The molecule has 34 heavy (non-hydrogen) atoms. The van der Waals surface area contributed by atoms with Crippen molar-refractivity contribution in [3.05, 3.63) is 90.0 Å². The lowest BCUT2D eigenvalue weighted by Crippen LogP contribution is -2.46. The minimum Gasteiger partial charge on any atom is -0.443 e. The largest absolute Gasteiger partial charge is 0.443 e. The number of nitrogens with zero attached hydrogens (tertiary/aromatic N) is 4. The normalized spacial score (nSPS) is 10.6. The zero-order valence-electron chi connectivity index (χ0n) is 18.5. The van der Waals surface area contributed by atoms with E-state index in [2.05, 4.69) is 15.6 Å². The molecule has 1 N–H and O–H groups in total. The van der Waals surface area contributed by atoms with E-state index < -0.39 is 18.5 Å². The number of benzene rings is 3. The van der Waals surface area contributed by atoms with Crippen molar-refractivity contribution >= 4 is 34.5 Å². The summed E-state index contributed by atoms with van der Waals surface area (Å²) in [6.07, 6.45) is -0.469. The number of ether oxygens (including phenoxy) is 1. The summed E-state index contributed by atoms with van der Waals surface area (Å²) in [5.41, 5.74) is 2.68. The van der Waals surface area contributed by atoms with Crippen LogP contribution in [-0.2, 0) is 16.1 Å². The lowest BCUT2D eigenvalue weighted by Gasteiger charge is -2.21. The molecule has 0 aliphatic rings. The summed E-state index contributed by atoms with van der Waals surface area (Å²) in [4.78, 5) is 39.5. The highest BCUT2D eigenvalue weighted by atomic mass is 16.6. The van der Waals surface area contributed by atoms with Crippen LogP contribution in [0.2, 0.25) is 0 Å². The third kappa shape index (κ3) is 5.09. The molecular weight excluding hydrogens is 434 g/mol. The molecule has 0 fully saturated rings. The standard InChI is InChI=1S/C25H23N5O4/c1-2-23(31)19-12-6-7-13-20(19)26-24(32)16-29(25(33)34-17-18-10-4-3-5-11-18)30-22-15-9-8-14-21(22)27-28-30/h3-15H,2,16-17H2,1H3,(H,26,32). The van der Waals surface area contributed by atoms with Gasteiger partial charge in [-0.1, -0.05) is 61.5 Å². The average Bonchev–Trinajstić information content (AvgIpc) is 3.30. The topological polar surface area (TPSA) is 106 Å². The van der Waals surface area contributed by atoms with Crippen LogP contribution in [0.25, 0.3) is 11.0 Å². The van der Waals surface area contributed by atoms with Gasteiger partial charge in [-0.05, 0) is 35.0 Å². The fourth-order valence-corrected chi connectivity index (χ4v) is 3.39. The van der Waals surface area contributed by atoms with E-state index in [1.165, 1.54) is 4.79 Å². The highest BCUT2D eigenvalue weighted by Gasteiger charge is 2.24. The fourth-order valence-electron chi connectivity index (χ4n) is 3.39. The van der Waals surface area contributed by atoms with Crippen molar-refractivity contribution in [2.24, 2.45) is 0 Å². The number of carbonyl (C=O) groups is 3. The first-order chi connectivity index (χ1) is 16.6. The number of hydrogen-bond acceptors (Lipinski definition) is 6. The first kappa shape index (κ1) is 22.7. The molecule has 0 bridgehead atoms. The number of Topliss-reactive ketones (excluding diaryl/α,β-unsaturated/α-hetero) is 1. The van der Waals surface area contributed by atoms with Gasteiger partial charge in [0.2, 0.25) is 5.91 Å². The molecule has 0 spiro atoms. The number of para-hydroxylation sites is 2. The Kier molecular flexibility index (Phi) is 6.92. The van der Waals surface area contributed by atoms with Crippen LogP contribution in [0.3, 0.4) is 0 Å². The van der Waals surface area contributed by atoms with Gasteiger partial charge in [0.05, 0.1) is 5.69 Å². The van der Waals surface area contributed by atoms with Gasteiger partial charge in [-0.2, -0.15) is 5.01 Å². The lowest BCUT2D eigenvalue weighted by molar-refractivity contribution is -0.115. The summed E-state index contributed by atoms with van der Waals surface area (Å²) in [5.74, 6) is -0.620. The van der Waals surface area contributed by atoms with Gasteiger partial charge in [0.15, 0.2) is 5.78 Å². The van der Waals surface area contributed by atoms with Gasteiger partial charge in [0, 0.05) is 12.0 Å². The van der Waals surface area contributed by atoms with E-state index in [0.717, 1.165) is 10.6 Å². The van der Waals surface area contributed by atoms with Gasteiger partial charge >= 0.3 is 6.09 Å². The Balaban J connectivity index is 1.58. The maximum absolute atomic E-state index is 13.0. The van der Waals surface area contributed by atoms with Crippen molar-refractivity contribution in [2.75, 3.05) is 16.9 Å². The van der Waals surface area contributed by atoms with Crippen LogP contribution in [0.4, 0.5) is 10.5 Å². The maximum Gasteiger partial charge on any atom is 0.431 e. The number of anilines is 1. The molecule has 0 atom stereocenters. The minimum atomic E-state index is -0.771. The molecule has 3 aromatic carbocycles. The Bertz CT molecular complexity index is 1320. The number of amides is 2. The number of nitrogens with one attached hydrogen (secondary N) is 1. The van der Waals surface area contributed by atoms with E-state index in [1.807, 2.05) is 30.3 Å². The monoisotopic (exact) mass is 457 g/mol. The van der Waals surface area contributed by atoms with Crippen molar-refractivity contribution in [3.63, 3.8) is 0 Å². The molecular formula is C25H23N5O4. The molecule has 0 saturated carbocycles. The number of rotatable bonds is 8. The predicted octanol–water partition coefficient (Wildman–Crippen LogP) is 3.94. The molecule has 4 aromatic rings. The molecule has 0 radical (unpaired) electrons. The minimum absolute atomic E-state index is 0.0260. The van der Waals surface area contributed by atoms with Crippen molar-refractivity contribution in [1.29, 1.82) is 0 Å². The Labute approximate surface area is 195 Å². The Morgan fingerprint density at radius 2 is 1.65 bits per heavy atom. The van der Waals surface area contributed by atoms with Crippen LogP contribution in [0.1, 0.15) is 29.3 Å². The number of hydrogen-bond donors (Lipinski definition) is 1. The van der Waals surface area contributed by atoms with Crippen LogP contribution in [0.5, 0.6) is 0 Å². The van der Waals surface area contributed by atoms with E-state index in [-0.39, 0.29) is 12.4 Å². The van der Waals surface area contributed by atoms with Gasteiger partial charge < -0.3 is 10.1 Å². The van der Waals surface area contributed by atoms with Crippen LogP contribution in [-0.4, -0.2) is 39.4 Å². The highest BCUT2D eigenvalue weighted by molar-refractivity contribution is 6.06. The summed E-state index contributed by atoms with van der Waals surface area (Å²) in [7, 11) is 0. The summed E-state index contributed by atoms with van der Waals surface area (Å²) >= 11 is 0. The maximum atomic E-state index is 13.0. The van der Waals surface area contributed by atoms with Gasteiger partial charge in [0.1, 0.15) is 24.2 Å². The van der Waals surface area contributed by atoms with Crippen LogP contribution < -0.4 is 10.3 Å². The summed E-state index contributed by atoms with van der Waals surface area (Å²) < 4.78 is 5.46. The van der Waals surface area contributed by atoms with E-state index >= 15 is 0 Å². The van der Waals surface area contributed by atoms with E-state index in [4.69, 9.17) is 4.74 Å². The van der Waals surface area contributed by atoms with Gasteiger partial charge in [-0.3, -0.25) is 9.59 Å². The second kappa shape index (κ2) is 10.4. The smallest absolute Gasteiger partial charge is 0.431 e. The average molecular weight is 457 g/mol. The van der Waals surface area contributed by atoms with Crippen molar-refractivity contribution in [1.82, 2.24) is 15.1 Å². The molecule has 0 saturated heterocycles. The van der Waals surface area contributed by atoms with Crippen molar-refractivity contribution < 1.29 is 19.1 Å². The molecule has 4 rings (SSSR count). The zero-order chi connectivity index (χ0) is 23.9. The molecule has 0 aliphatic carbocycles. The van der Waals surface area contributed by atoms with E-state index in [0.29, 0.717) is 28.7 Å². The van der Waals surface area contributed by atoms with Crippen molar-refractivity contribution in [3.8, 4) is 0 Å². The first-order valence-corrected chi connectivity index (χ1v) is 10.8. The Morgan fingerprint density at radius 3 is 2.44 bits per heavy atom. The first-order valence-electron chi connectivity index (χ1n) is 10.8. The summed E-state index contributed by atoms with van der Waals surface area (Å²) in [5, 5.41) is 11.9. The van der Waals surface area contributed by atoms with E-state index in [9.17, 15) is 14.4 Å². The fraction of sp³-hybridized carbons (Fsp3) is 0.160. The molecule has 2 amide bonds. The van der Waals surface area contributed by atoms with Crippen LogP contribution in [0.15, 0.2) is 78.9 Å². The van der Waals surface area contributed by atoms with Crippen LogP contribution >= 0.6 is 0 Å². The molecule has 9 heteroatoms. The number of aromatic nitrogens is 3. The molecule has 1 aromatic heterocycles. The second-order valence-electron chi connectivity index (χ2n) is 7.44. The lowest BCUT2D eigenvalue weighted by atomic mass is 10.1. The molecule has 0 unspecified atom stereocenters. The predicted molar refractivity (Wildman–Crippen MR) is 127 cm³/mol. The molecule has 172 valence electrons. The molecule has 1 heterocycles. The van der Waals surface area contributed by atoms with Gasteiger partial charge in [0.25, 0.3) is 0 Å². The Hall–Kier alpha value is -4.53. The van der Waals surface area contributed by atoms with Crippen LogP contribution in [0, 0.1) is 0 Å². The number of carbonyl (C=O) groups excluding carboxylic acids is 3. The third-order valence-corrected chi connectivity index (χ3v) is 5.09. The quantitative estimate of drug-likeness (QED) is 0.402. The zero-order valence-corrected chi connectivity index (χ0v) is 18.5. The second-order valence-corrected chi connectivity index (χ2v) is 7.44. The van der Waals surface area contributed by atoms with Gasteiger partial charge in [-0.25, -0.2) is 4.79 Å². The van der Waals surface area contributed by atoms with Crippen molar-refractivity contribution in [2.45, 2.75) is 20.0 Å². The Morgan fingerprint density at radius 1 is 0.941 bits per heavy atom. The van der Waals surface area contributed by atoms with Gasteiger partial charge in [-0.15, -0.1) is 9.89 Å². The number of ketones is 1. The summed E-state index contributed by atoms with van der Waals surface area (Å²) in [6, 6.07) is 23.0. The molecule has 0 aliphatic heterocycles. The number of fused-ring (bicyclic) bond motifs is 1. The third-order valence-electron chi connectivity index (χ3n) is 5.09. The molecule has 9 nitrogen and oxygen atoms in total. The van der Waals surface area contributed by atoms with E-state index in [1.54, 1.807) is 55.5 Å².